The zero-order valence-corrected chi connectivity index (χ0v) is 15.3. The molecule has 0 N–H and O–H groups in total. The highest BCUT2D eigenvalue weighted by Crippen LogP contribution is 2.22. The second kappa shape index (κ2) is 8.09. The number of thiazole rings is 1. The lowest BCUT2D eigenvalue weighted by Crippen LogP contribution is -2.05. The topological polar surface area (TPSA) is 78.1 Å². The highest BCUT2D eigenvalue weighted by Gasteiger charge is 2.11. The fourth-order valence-electron chi connectivity index (χ4n) is 2.64. The van der Waals surface area contributed by atoms with Gasteiger partial charge in [-0.15, -0.1) is 11.3 Å². The van der Waals surface area contributed by atoms with Crippen LogP contribution in [0, 0.1) is 0 Å². The first kappa shape index (κ1) is 17.4. The van der Waals surface area contributed by atoms with Crippen LogP contribution in [0.3, 0.4) is 0 Å². The van der Waals surface area contributed by atoms with Crippen molar-refractivity contribution in [3.63, 3.8) is 0 Å². The van der Waals surface area contributed by atoms with Gasteiger partial charge in [-0.05, 0) is 25.0 Å². The molecule has 0 fully saturated rings. The molecule has 0 saturated carbocycles. The molecule has 0 atom stereocenters. The third-order valence-electron chi connectivity index (χ3n) is 3.97. The first-order valence-corrected chi connectivity index (χ1v) is 9.48. The van der Waals surface area contributed by atoms with Gasteiger partial charge in [0.2, 0.25) is 5.82 Å². The van der Waals surface area contributed by atoms with Gasteiger partial charge in [0.15, 0.2) is 6.61 Å². The van der Waals surface area contributed by atoms with Crippen LogP contribution < -0.4 is 0 Å². The molecule has 0 aliphatic heterocycles. The van der Waals surface area contributed by atoms with Crippen molar-refractivity contribution in [2.24, 2.45) is 0 Å². The molecule has 27 heavy (non-hydrogen) atoms. The van der Waals surface area contributed by atoms with Crippen LogP contribution in [-0.2, 0) is 22.6 Å². The van der Waals surface area contributed by atoms with E-state index < -0.39 is 0 Å². The van der Waals surface area contributed by atoms with Gasteiger partial charge in [-0.1, -0.05) is 47.6 Å². The second-order valence-electron chi connectivity index (χ2n) is 5.97. The fourth-order valence-corrected chi connectivity index (χ4v) is 3.65. The van der Waals surface area contributed by atoms with Crippen LogP contribution in [0.25, 0.3) is 21.6 Å². The third kappa shape index (κ3) is 4.38. The summed E-state index contributed by atoms with van der Waals surface area (Å²) in [6, 6.07) is 17.5. The maximum Gasteiger partial charge on any atom is 0.306 e. The van der Waals surface area contributed by atoms with E-state index in [0.29, 0.717) is 18.7 Å². The van der Waals surface area contributed by atoms with Gasteiger partial charge in [-0.3, -0.25) is 4.79 Å². The largest absolute Gasteiger partial charge is 0.456 e. The minimum absolute atomic E-state index is 0.0141. The number of carbonyl (C=O) groups is 1. The van der Waals surface area contributed by atoms with Gasteiger partial charge in [0.05, 0.1) is 15.2 Å². The van der Waals surface area contributed by atoms with Gasteiger partial charge < -0.3 is 9.26 Å². The Bertz CT molecular complexity index is 1010. The highest BCUT2D eigenvalue weighted by atomic mass is 32.1. The molecule has 136 valence electrons. The zero-order valence-electron chi connectivity index (χ0n) is 14.5. The van der Waals surface area contributed by atoms with Crippen LogP contribution >= 0.6 is 11.3 Å². The summed E-state index contributed by atoms with van der Waals surface area (Å²) in [5, 5.41) is 4.94. The number of ether oxygens (including phenoxy) is 1. The zero-order chi connectivity index (χ0) is 18.5. The molecule has 2 heterocycles. The number of fused-ring (bicyclic) bond motifs is 1. The molecular weight excluding hydrogens is 362 g/mol. The summed E-state index contributed by atoms with van der Waals surface area (Å²) in [5.74, 6) is 0.487. The molecule has 2 aromatic heterocycles. The molecular formula is C20H17N3O3S. The van der Waals surface area contributed by atoms with Crippen LogP contribution in [0.2, 0.25) is 0 Å². The monoisotopic (exact) mass is 379 g/mol. The number of hydrogen-bond donors (Lipinski definition) is 0. The predicted molar refractivity (Wildman–Crippen MR) is 102 cm³/mol. The van der Waals surface area contributed by atoms with Crippen LogP contribution in [0.4, 0.5) is 0 Å². The number of nitrogens with zero attached hydrogens (tertiary/aromatic N) is 3. The number of benzene rings is 2. The molecule has 4 aromatic rings. The highest BCUT2D eigenvalue weighted by molar-refractivity contribution is 7.18. The van der Waals surface area contributed by atoms with Crippen LogP contribution in [0.1, 0.15) is 23.7 Å². The van der Waals surface area contributed by atoms with Gasteiger partial charge in [0.1, 0.15) is 0 Å². The number of aromatic nitrogens is 3. The Morgan fingerprint density at radius 3 is 2.70 bits per heavy atom. The van der Waals surface area contributed by atoms with Crippen molar-refractivity contribution in [3.05, 3.63) is 65.5 Å². The lowest BCUT2D eigenvalue weighted by Gasteiger charge is -2.00. The van der Waals surface area contributed by atoms with Gasteiger partial charge in [-0.2, -0.15) is 4.98 Å². The molecule has 0 aliphatic rings. The van der Waals surface area contributed by atoms with E-state index in [9.17, 15) is 4.79 Å². The van der Waals surface area contributed by atoms with E-state index in [4.69, 9.17) is 9.26 Å². The Labute approximate surface area is 159 Å². The van der Waals surface area contributed by atoms with Crippen LogP contribution in [-0.4, -0.2) is 21.1 Å². The summed E-state index contributed by atoms with van der Waals surface area (Å²) >= 11 is 1.66. The molecule has 0 radical (unpaired) electrons. The number of aryl methyl sites for hydroxylation is 1. The second-order valence-corrected chi connectivity index (χ2v) is 7.08. The molecule has 2 aromatic carbocycles. The maximum atomic E-state index is 11.9. The average molecular weight is 379 g/mol. The van der Waals surface area contributed by atoms with Crippen molar-refractivity contribution < 1.29 is 14.1 Å². The molecule has 7 heteroatoms. The fraction of sp³-hybridized carbons (Fsp3) is 0.200. The SMILES string of the molecule is O=C(CCCc1nc2ccccc2s1)OCc1nc(-c2ccccc2)no1. The van der Waals surface area contributed by atoms with Crippen molar-refractivity contribution in [1.82, 2.24) is 15.1 Å². The predicted octanol–water partition coefficient (Wildman–Crippen LogP) is 4.41. The van der Waals surface area contributed by atoms with E-state index in [1.807, 2.05) is 48.5 Å². The number of rotatable bonds is 7. The van der Waals surface area contributed by atoms with Crippen LogP contribution in [0.15, 0.2) is 59.1 Å². The molecule has 0 unspecified atom stereocenters. The van der Waals surface area contributed by atoms with Crippen molar-refractivity contribution in [2.45, 2.75) is 25.9 Å². The summed E-state index contributed by atoms with van der Waals surface area (Å²) in [5.41, 5.74) is 1.86. The van der Waals surface area contributed by atoms with E-state index in [-0.39, 0.29) is 18.5 Å². The summed E-state index contributed by atoms with van der Waals surface area (Å²) in [4.78, 5) is 20.7. The minimum atomic E-state index is -0.282. The number of esters is 1. The third-order valence-corrected chi connectivity index (χ3v) is 5.06. The van der Waals surface area contributed by atoms with Crippen molar-refractivity contribution in [3.8, 4) is 11.4 Å². The van der Waals surface area contributed by atoms with E-state index in [1.165, 1.54) is 4.70 Å². The maximum absolute atomic E-state index is 11.9. The van der Waals surface area contributed by atoms with Gasteiger partial charge >= 0.3 is 5.97 Å². The van der Waals surface area contributed by atoms with Crippen molar-refractivity contribution in [2.75, 3.05) is 0 Å². The first-order chi connectivity index (χ1) is 13.3. The molecule has 4 rings (SSSR count). The number of hydrogen-bond acceptors (Lipinski definition) is 7. The van der Waals surface area contributed by atoms with Crippen molar-refractivity contribution in [1.29, 1.82) is 0 Å². The Kier molecular flexibility index (Phi) is 5.20. The Hall–Kier alpha value is -3.06. The lowest BCUT2D eigenvalue weighted by molar-refractivity contribution is -0.145. The van der Waals surface area contributed by atoms with Crippen molar-refractivity contribution >= 4 is 27.5 Å². The van der Waals surface area contributed by atoms with E-state index in [2.05, 4.69) is 21.2 Å². The van der Waals surface area contributed by atoms with E-state index in [1.54, 1.807) is 11.3 Å². The first-order valence-electron chi connectivity index (χ1n) is 8.66. The lowest BCUT2D eigenvalue weighted by atomic mass is 10.2. The average Bonchev–Trinajstić information content (AvgIpc) is 3.34. The quantitative estimate of drug-likeness (QED) is 0.443. The normalized spacial score (nSPS) is 11.0. The number of carbonyl (C=O) groups excluding carboxylic acids is 1. The molecule has 0 amide bonds. The van der Waals surface area contributed by atoms with Gasteiger partial charge in [0, 0.05) is 12.0 Å². The summed E-state index contributed by atoms with van der Waals surface area (Å²) < 4.78 is 11.5. The minimum Gasteiger partial charge on any atom is -0.456 e. The summed E-state index contributed by atoms with van der Waals surface area (Å²) in [7, 11) is 0. The van der Waals surface area contributed by atoms with E-state index >= 15 is 0 Å². The molecule has 0 spiro atoms. The van der Waals surface area contributed by atoms with Gasteiger partial charge in [-0.25, -0.2) is 4.98 Å². The Balaban J connectivity index is 1.23. The summed E-state index contributed by atoms with van der Waals surface area (Å²) in [6.45, 7) is -0.0141. The molecule has 6 nitrogen and oxygen atoms in total. The smallest absolute Gasteiger partial charge is 0.306 e. The number of para-hydroxylation sites is 1. The molecule has 0 saturated heterocycles. The Morgan fingerprint density at radius 1 is 1.04 bits per heavy atom. The molecule has 0 aliphatic carbocycles. The standard InChI is InChI=1S/C20H17N3O3S/c24-19(12-6-11-18-21-15-9-4-5-10-16(15)27-18)25-13-17-22-20(23-26-17)14-7-2-1-3-8-14/h1-5,7-10H,6,11-13H2. The van der Waals surface area contributed by atoms with Gasteiger partial charge in [0.25, 0.3) is 5.89 Å². The molecule has 0 bridgehead atoms. The Morgan fingerprint density at radius 2 is 1.85 bits per heavy atom. The summed E-state index contributed by atoms with van der Waals surface area (Å²) in [6.07, 6.45) is 1.78. The van der Waals surface area contributed by atoms with E-state index in [0.717, 1.165) is 22.5 Å². The van der Waals surface area contributed by atoms with Crippen LogP contribution in [0.5, 0.6) is 0 Å².